The molecule has 0 aliphatic heterocycles. The molecule has 1 atom stereocenters. The third-order valence-corrected chi connectivity index (χ3v) is 3.03. The van der Waals surface area contributed by atoms with Crippen molar-refractivity contribution in [1.82, 2.24) is 5.32 Å². The lowest BCUT2D eigenvalue weighted by Crippen LogP contribution is -2.22. The molecule has 0 saturated carbocycles. The van der Waals surface area contributed by atoms with E-state index >= 15 is 0 Å². The van der Waals surface area contributed by atoms with Gasteiger partial charge in [-0.05, 0) is 58.4 Å². The van der Waals surface area contributed by atoms with E-state index in [1.54, 1.807) is 6.07 Å². The van der Waals surface area contributed by atoms with E-state index < -0.39 is 0 Å². The molecule has 1 aromatic rings. The molecule has 0 spiro atoms. The van der Waals surface area contributed by atoms with Gasteiger partial charge in [0.05, 0.1) is 12.2 Å². The van der Waals surface area contributed by atoms with E-state index in [9.17, 15) is 4.39 Å². The number of benzene rings is 1. The average molecular weight is 297 g/mol. The van der Waals surface area contributed by atoms with Crippen LogP contribution in [0, 0.1) is 5.82 Å². The van der Waals surface area contributed by atoms with Crippen LogP contribution in [-0.4, -0.2) is 25.4 Å². The van der Waals surface area contributed by atoms with Crippen LogP contribution in [-0.2, 0) is 4.74 Å². The third kappa shape index (κ3) is 6.91. The minimum Gasteiger partial charge on any atom is -0.488 e. The maximum absolute atomic E-state index is 14.0. The van der Waals surface area contributed by atoms with Gasteiger partial charge in [0, 0.05) is 6.04 Å². The fourth-order valence-corrected chi connectivity index (χ4v) is 1.88. The summed E-state index contributed by atoms with van der Waals surface area (Å²) in [5, 5.41) is 3.34. The molecule has 0 amide bonds. The molecule has 0 saturated heterocycles. The quantitative estimate of drug-likeness (QED) is 0.733. The number of rotatable bonds is 8. The number of hydrogen-bond acceptors (Lipinski definition) is 3. The molecule has 0 aliphatic rings. The lowest BCUT2D eigenvalue weighted by atomic mass is 10.1. The fraction of sp³-hybridized carbons (Fsp3) is 0.647. The number of nitrogens with one attached hydrogen (secondary N) is 1. The molecule has 4 heteroatoms. The first-order valence-electron chi connectivity index (χ1n) is 7.63. The number of halogens is 1. The zero-order valence-corrected chi connectivity index (χ0v) is 13.8. The van der Waals surface area contributed by atoms with Crippen molar-refractivity contribution in [2.75, 3.05) is 19.8 Å². The minimum atomic E-state index is -0.326. The van der Waals surface area contributed by atoms with Crippen LogP contribution in [0.5, 0.6) is 5.75 Å². The van der Waals surface area contributed by atoms with Crippen molar-refractivity contribution in [3.8, 4) is 5.75 Å². The first kappa shape index (κ1) is 17.9. The Morgan fingerprint density at radius 2 is 1.95 bits per heavy atom. The summed E-state index contributed by atoms with van der Waals surface area (Å²) in [7, 11) is 0. The molecule has 3 nitrogen and oxygen atoms in total. The second-order valence-electron chi connectivity index (χ2n) is 6.17. The van der Waals surface area contributed by atoms with Crippen LogP contribution in [0.15, 0.2) is 18.2 Å². The van der Waals surface area contributed by atoms with Crippen LogP contribution >= 0.6 is 0 Å². The Balaban J connectivity index is 2.50. The molecule has 120 valence electrons. The summed E-state index contributed by atoms with van der Waals surface area (Å²) >= 11 is 0. The van der Waals surface area contributed by atoms with Gasteiger partial charge in [-0.1, -0.05) is 13.0 Å². The summed E-state index contributed by atoms with van der Waals surface area (Å²) in [5.74, 6) is -0.0487. The maximum atomic E-state index is 14.0. The van der Waals surface area contributed by atoms with E-state index in [1.165, 1.54) is 6.07 Å². The molecule has 0 fully saturated rings. The molecular weight excluding hydrogens is 269 g/mol. The summed E-state index contributed by atoms with van der Waals surface area (Å²) in [6, 6.07) is 5.26. The van der Waals surface area contributed by atoms with Crippen LogP contribution in [0.25, 0.3) is 0 Å². The first-order chi connectivity index (χ1) is 9.83. The normalized spacial score (nSPS) is 13.2. The molecule has 1 rings (SSSR count). The molecule has 1 N–H and O–H groups in total. The van der Waals surface area contributed by atoms with Gasteiger partial charge in [0.2, 0.25) is 0 Å². The fourth-order valence-electron chi connectivity index (χ4n) is 1.88. The topological polar surface area (TPSA) is 30.5 Å². The average Bonchev–Trinajstić information content (AvgIpc) is 2.41. The van der Waals surface area contributed by atoms with Crippen LogP contribution in [0.4, 0.5) is 4.39 Å². The Morgan fingerprint density at radius 1 is 1.24 bits per heavy atom. The van der Waals surface area contributed by atoms with E-state index in [0.29, 0.717) is 13.2 Å². The third-order valence-electron chi connectivity index (χ3n) is 3.03. The lowest BCUT2D eigenvalue weighted by molar-refractivity contribution is -0.0166. The minimum absolute atomic E-state index is 0.137. The van der Waals surface area contributed by atoms with Crippen LogP contribution in [0.3, 0.4) is 0 Å². The summed E-state index contributed by atoms with van der Waals surface area (Å²) in [4.78, 5) is 0. The molecule has 1 aromatic carbocycles. The summed E-state index contributed by atoms with van der Waals surface area (Å²) in [5.41, 5.74) is 0.728. The highest BCUT2D eigenvalue weighted by Crippen LogP contribution is 2.22. The Bertz CT molecular complexity index is 429. The maximum Gasteiger partial charge on any atom is 0.165 e. The van der Waals surface area contributed by atoms with Crippen LogP contribution < -0.4 is 10.1 Å². The van der Waals surface area contributed by atoms with Crippen LogP contribution in [0.2, 0.25) is 0 Å². The van der Waals surface area contributed by atoms with Crippen molar-refractivity contribution >= 4 is 0 Å². The molecule has 0 bridgehead atoms. The van der Waals surface area contributed by atoms with Gasteiger partial charge in [-0.2, -0.15) is 0 Å². The van der Waals surface area contributed by atoms with Crippen molar-refractivity contribution in [2.24, 2.45) is 0 Å². The number of ether oxygens (including phenoxy) is 2. The molecule has 0 aromatic heterocycles. The second kappa shape index (κ2) is 8.35. The van der Waals surface area contributed by atoms with Crippen LogP contribution in [0.1, 0.15) is 52.6 Å². The molecule has 21 heavy (non-hydrogen) atoms. The summed E-state index contributed by atoms with van der Waals surface area (Å²) < 4.78 is 25.0. The standard InChI is InChI=1S/C17H28FNO2/c1-6-9-19-13(2)14-7-8-16(15(18)12-14)20-10-11-21-17(3,4)5/h7-8,12-13,19H,6,9-11H2,1-5H3. The summed E-state index contributed by atoms with van der Waals surface area (Å²) in [6.45, 7) is 11.8. The van der Waals surface area contributed by atoms with Crippen molar-refractivity contribution in [3.05, 3.63) is 29.6 Å². The van der Waals surface area contributed by atoms with Gasteiger partial charge in [-0.25, -0.2) is 4.39 Å². The van der Waals surface area contributed by atoms with Gasteiger partial charge in [0.25, 0.3) is 0 Å². The molecule has 0 aliphatic carbocycles. The van der Waals surface area contributed by atoms with E-state index in [4.69, 9.17) is 9.47 Å². The van der Waals surface area contributed by atoms with Gasteiger partial charge >= 0.3 is 0 Å². The van der Waals surface area contributed by atoms with Crippen molar-refractivity contribution in [3.63, 3.8) is 0 Å². The highest BCUT2D eigenvalue weighted by atomic mass is 19.1. The van der Waals surface area contributed by atoms with Gasteiger partial charge in [0.1, 0.15) is 6.61 Å². The molecule has 0 heterocycles. The van der Waals surface area contributed by atoms with Gasteiger partial charge < -0.3 is 14.8 Å². The Morgan fingerprint density at radius 3 is 2.52 bits per heavy atom. The lowest BCUT2D eigenvalue weighted by Gasteiger charge is -2.19. The predicted molar refractivity (Wildman–Crippen MR) is 84.3 cm³/mol. The summed E-state index contributed by atoms with van der Waals surface area (Å²) in [6.07, 6.45) is 1.06. The highest BCUT2D eigenvalue weighted by Gasteiger charge is 2.11. The Kier molecular flexibility index (Phi) is 7.12. The highest BCUT2D eigenvalue weighted by molar-refractivity contribution is 5.30. The largest absolute Gasteiger partial charge is 0.488 e. The Labute approximate surface area is 127 Å². The van der Waals surface area contributed by atoms with Crippen molar-refractivity contribution in [2.45, 2.75) is 52.7 Å². The van der Waals surface area contributed by atoms with E-state index in [0.717, 1.165) is 18.5 Å². The SMILES string of the molecule is CCCNC(C)c1ccc(OCCOC(C)(C)C)c(F)c1. The van der Waals surface area contributed by atoms with Crippen molar-refractivity contribution in [1.29, 1.82) is 0 Å². The van der Waals surface area contributed by atoms with E-state index in [1.807, 2.05) is 33.8 Å². The van der Waals surface area contributed by atoms with Gasteiger partial charge in [-0.15, -0.1) is 0 Å². The van der Waals surface area contributed by atoms with Crippen molar-refractivity contribution < 1.29 is 13.9 Å². The van der Waals surface area contributed by atoms with Gasteiger partial charge in [-0.3, -0.25) is 0 Å². The molecule has 0 radical (unpaired) electrons. The van der Waals surface area contributed by atoms with Gasteiger partial charge in [0.15, 0.2) is 11.6 Å². The number of hydrogen-bond donors (Lipinski definition) is 1. The van der Waals surface area contributed by atoms with E-state index in [-0.39, 0.29) is 23.2 Å². The second-order valence-corrected chi connectivity index (χ2v) is 6.17. The zero-order chi connectivity index (χ0) is 15.9. The Hall–Kier alpha value is -1.13. The zero-order valence-electron chi connectivity index (χ0n) is 13.8. The molecule has 1 unspecified atom stereocenters. The predicted octanol–water partition coefficient (Wildman–Crippen LogP) is 4.08. The van der Waals surface area contributed by atoms with E-state index in [2.05, 4.69) is 12.2 Å². The first-order valence-corrected chi connectivity index (χ1v) is 7.63. The molecular formula is C17H28FNO2. The monoisotopic (exact) mass is 297 g/mol. The smallest absolute Gasteiger partial charge is 0.165 e.